The number of rotatable bonds is 71. The van der Waals surface area contributed by atoms with Gasteiger partial charge in [-0.2, -0.15) is 0 Å². The number of aliphatic hydroxyl groups is 1. The van der Waals surface area contributed by atoms with Crippen molar-refractivity contribution >= 4 is 39.5 Å². The summed E-state index contributed by atoms with van der Waals surface area (Å²) in [6, 6.07) is 0. The molecule has 0 rings (SSSR count). The summed E-state index contributed by atoms with van der Waals surface area (Å²) in [6.45, 7) is 9.47. The smallest absolute Gasteiger partial charge is 0.462 e. The van der Waals surface area contributed by atoms with Gasteiger partial charge in [0, 0.05) is 25.7 Å². The van der Waals surface area contributed by atoms with Crippen molar-refractivity contribution in [2.24, 2.45) is 11.8 Å². The first kappa shape index (κ1) is 90.5. The fourth-order valence-corrected chi connectivity index (χ4v) is 12.3. The third kappa shape index (κ3) is 67.9. The van der Waals surface area contributed by atoms with Crippen LogP contribution in [0.1, 0.15) is 356 Å². The highest BCUT2D eigenvalue weighted by Gasteiger charge is 2.30. The summed E-state index contributed by atoms with van der Waals surface area (Å²) in [6.07, 6.45) is 54.9. The van der Waals surface area contributed by atoms with Gasteiger partial charge in [-0.1, -0.05) is 303 Å². The lowest BCUT2D eigenvalue weighted by Gasteiger charge is -2.21. The summed E-state index contributed by atoms with van der Waals surface area (Å²) in [5.74, 6) is -0.674. The van der Waals surface area contributed by atoms with E-state index in [2.05, 4.69) is 65.8 Å². The highest BCUT2D eigenvalue weighted by atomic mass is 31.2. The Bertz CT molecular complexity index is 1900. The molecule has 0 fully saturated rings. The molecule has 0 aromatic heterocycles. The van der Waals surface area contributed by atoms with Crippen LogP contribution >= 0.6 is 15.6 Å². The minimum Gasteiger partial charge on any atom is -0.462 e. The molecule has 0 aliphatic heterocycles. The number of esters is 4. The number of hydrogen-bond donors (Lipinski definition) is 3. The first-order chi connectivity index (χ1) is 44.9. The van der Waals surface area contributed by atoms with Crippen LogP contribution in [0.15, 0.2) is 24.3 Å². The third-order valence-electron chi connectivity index (χ3n) is 16.6. The van der Waals surface area contributed by atoms with Crippen LogP contribution in [0.4, 0.5) is 0 Å². The van der Waals surface area contributed by atoms with Crippen molar-refractivity contribution in [2.45, 2.75) is 374 Å². The van der Waals surface area contributed by atoms with E-state index >= 15 is 0 Å². The van der Waals surface area contributed by atoms with E-state index in [0.29, 0.717) is 25.7 Å². The van der Waals surface area contributed by atoms with Crippen molar-refractivity contribution in [3.63, 3.8) is 0 Å². The predicted octanol–water partition coefficient (Wildman–Crippen LogP) is 21.1. The molecular formula is C74H140O17P2. The van der Waals surface area contributed by atoms with E-state index in [9.17, 15) is 43.2 Å². The molecule has 0 aliphatic carbocycles. The molecule has 0 spiro atoms. The Kier molecular flexibility index (Phi) is 63.7. The molecule has 19 heteroatoms. The van der Waals surface area contributed by atoms with Crippen molar-refractivity contribution in [3.8, 4) is 0 Å². The number of phosphoric ester groups is 2. The first-order valence-electron chi connectivity index (χ1n) is 37.8. The largest absolute Gasteiger partial charge is 0.472 e. The Labute approximate surface area is 567 Å². The summed E-state index contributed by atoms with van der Waals surface area (Å²) in [7, 11) is -9.92. The predicted molar refractivity (Wildman–Crippen MR) is 377 cm³/mol. The van der Waals surface area contributed by atoms with Gasteiger partial charge in [-0.15, -0.1) is 0 Å². The molecule has 0 heterocycles. The van der Waals surface area contributed by atoms with Gasteiger partial charge in [0.05, 0.1) is 26.4 Å². The minimum absolute atomic E-state index is 0.0853. The average molecular weight is 1360 g/mol. The normalized spacial score (nSPS) is 14.2. The van der Waals surface area contributed by atoms with Crippen LogP contribution in [0.2, 0.25) is 0 Å². The SMILES string of the molecule is CCCCCC/C=C\C=C/CCCCCCCC(=O)O[C@H](COC(=O)CCCCCCCCCCCCCCCC)COP(=O)(O)OC[C@@H](O)COP(=O)(O)OC[C@@H](COC(=O)CCCCCCCCCCC(C)C)OC(=O)CCCCCCCCCCCCC(C)C. The van der Waals surface area contributed by atoms with E-state index in [1.54, 1.807) is 0 Å². The van der Waals surface area contributed by atoms with E-state index in [4.69, 9.17) is 37.0 Å². The van der Waals surface area contributed by atoms with Gasteiger partial charge in [-0.25, -0.2) is 9.13 Å². The first-order valence-corrected chi connectivity index (χ1v) is 40.8. The van der Waals surface area contributed by atoms with Gasteiger partial charge in [0.15, 0.2) is 12.2 Å². The number of carbonyl (C=O) groups excluding carboxylic acids is 4. The van der Waals surface area contributed by atoms with E-state index in [1.807, 2.05) is 0 Å². The maximum Gasteiger partial charge on any atom is 0.472 e. The molecule has 0 saturated carbocycles. The molecule has 0 radical (unpaired) electrons. The van der Waals surface area contributed by atoms with E-state index in [1.165, 1.54) is 161 Å². The van der Waals surface area contributed by atoms with Crippen molar-refractivity contribution in [1.82, 2.24) is 0 Å². The number of allylic oxidation sites excluding steroid dienone is 4. The summed E-state index contributed by atoms with van der Waals surface area (Å²) in [4.78, 5) is 72.7. The Morgan fingerprint density at radius 1 is 0.333 bits per heavy atom. The fraction of sp³-hybridized carbons (Fsp3) is 0.892. The Balaban J connectivity index is 5.30. The van der Waals surface area contributed by atoms with E-state index in [-0.39, 0.29) is 25.7 Å². The van der Waals surface area contributed by atoms with E-state index < -0.39 is 97.5 Å². The summed E-state index contributed by atoms with van der Waals surface area (Å²) in [5.41, 5.74) is 0. The van der Waals surface area contributed by atoms with Gasteiger partial charge in [0.2, 0.25) is 0 Å². The topological polar surface area (TPSA) is 237 Å². The second-order valence-corrected chi connectivity index (χ2v) is 29.9. The standard InChI is InChI=1S/C74H140O17P2/c1-7-9-11-13-15-17-19-21-23-25-27-32-40-46-52-58-73(78)90-69(62-84-71(76)56-50-44-38-31-26-24-22-20-18-16-14-12-10-8-2)64-88-92(80,81)86-60-68(75)61-87-93(82,83)89-65-70(63-85-72(77)57-51-45-39-35-34-37-43-49-55-67(5)6)91-74(79)59-53-47-41-33-29-28-30-36-42-48-54-66(3)4/h17,19,21,23,66-70,75H,7-16,18,20,22,24-65H2,1-6H3,(H,80,81)(H,82,83)/b19-17-,23-21-/t68-,69-,70-/m1/s1. The Morgan fingerprint density at radius 3 is 0.882 bits per heavy atom. The van der Waals surface area contributed by atoms with Crippen LogP contribution in [-0.4, -0.2) is 96.7 Å². The van der Waals surface area contributed by atoms with Crippen LogP contribution < -0.4 is 0 Å². The number of aliphatic hydroxyl groups excluding tert-OH is 1. The molecule has 0 bridgehead atoms. The van der Waals surface area contributed by atoms with Crippen LogP contribution in [-0.2, 0) is 65.4 Å². The number of hydrogen-bond acceptors (Lipinski definition) is 15. The molecule has 2 unspecified atom stereocenters. The molecule has 0 aromatic carbocycles. The van der Waals surface area contributed by atoms with Crippen molar-refractivity contribution in [3.05, 3.63) is 24.3 Å². The summed E-state index contributed by atoms with van der Waals surface area (Å²) < 4.78 is 68.4. The number of carbonyl (C=O) groups is 4. The molecule has 93 heavy (non-hydrogen) atoms. The molecular weight excluding hydrogens is 1220 g/mol. The van der Waals surface area contributed by atoms with Crippen molar-refractivity contribution < 1.29 is 80.2 Å². The van der Waals surface area contributed by atoms with Gasteiger partial charge in [-0.05, 0) is 63.2 Å². The highest BCUT2D eigenvalue weighted by Crippen LogP contribution is 2.45. The quantitative estimate of drug-likeness (QED) is 0.0169. The maximum atomic E-state index is 13.1. The van der Waals surface area contributed by atoms with E-state index in [0.717, 1.165) is 115 Å². The zero-order valence-electron chi connectivity index (χ0n) is 60.0. The molecule has 0 saturated heterocycles. The van der Waals surface area contributed by atoms with Gasteiger partial charge < -0.3 is 33.8 Å². The second kappa shape index (κ2) is 65.5. The molecule has 17 nitrogen and oxygen atoms in total. The van der Waals surface area contributed by atoms with Gasteiger partial charge in [0.25, 0.3) is 0 Å². The third-order valence-corrected chi connectivity index (χ3v) is 18.5. The van der Waals surface area contributed by atoms with Crippen LogP contribution in [0.3, 0.4) is 0 Å². The average Bonchev–Trinajstić information content (AvgIpc) is 2.94. The zero-order valence-corrected chi connectivity index (χ0v) is 61.8. The minimum atomic E-state index is -4.96. The number of phosphoric acid groups is 2. The van der Waals surface area contributed by atoms with Gasteiger partial charge >= 0.3 is 39.5 Å². The van der Waals surface area contributed by atoms with Crippen LogP contribution in [0.5, 0.6) is 0 Å². The van der Waals surface area contributed by atoms with Crippen LogP contribution in [0, 0.1) is 11.8 Å². The van der Waals surface area contributed by atoms with Gasteiger partial charge in [0.1, 0.15) is 19.3 Å². The summed E-state index contributed by atoms with van der Waals surface area (Å²) >= 11 is 0. The Morgan fingerprint density at radius 2 is 0.581 bits per heavy atom. The molecule has 3 N–H and O–H groups in total. The molecule has 0 aromatic rings. The van der Waals surface area contributed by atoms with Gasteiger partial charge in [-0.3, -0.25) is 37.3 Å². The second-order valence-electron chi connectivity index (χ2n) is 27.0. The molecule has 0 aliphatic rings. The maximum absolute atomic E-state index is 13.1. The van der Waals surface area contributed by atoms with Crippen molar-refractivity contribution in [1.29, 1.82) is 0 Å². The van der Waals surface area contributed by atoms with Crippen molar-refractivity contribution in [2.75, 3.05) is 39.6 Å². The zero-order chi connectivity index (χ0) is 68.6. The molecule has 0 amide bonds. The van der Waals surface area contributed by atoms with Crippen LogP contribution in [0.25, 0.3) is 0 Å². The highest BCUT2D eigenvalue weighted by molar-refractivity contribution is 7.47. The summed E-state index contributed by atoms with van der Waals surface area (Å²) in [5, 5.41) is 10.6. The lowest BCUT2D eigenvalue weighted by Crippen LogP contribution is -2.30. The number of unbranched alkanes of at least 4 members (excludes halogenated alkanes) is 38. The monoisotopic (exact) mass is 1360 g/mol. The lowest BCUT2D eigenvalue weighted by molar-refractivity contribution is -0.161. The number of ether oxygens (including phenoxy) is 4. The molecule has 5 atom stereocenters. The lowest BCUT2D eigenvalue weighted by atomic mass is 10.0. The fourth-order valence-electron chi connectivity index (χ4n) is 10.8. The Hall–Kier alpha value is -2.46. The molecule has 548 valence electrons.